The molecule has 0 fully saturated rings. The second-order valence-electron chi connectivity index (χ2n) is 8.61. The molecule has 38 heavy (non-hydrogen) atoms. The van der Waals surface area contributed by atoms with Crippen molar-refractivity contribution in [3.63, 3.8) is 0 Å². The molecule has 0 aliphatic carbocycles. The first-order valence-electron chi connectivity index (χ1n) is 11.9. The summed E-state index contributed by atoms with van der Waals surface area (Å²) in [6, 6.07) is 4.11. The van der Waals surface area contributed by atoms with E-state index in [2.05, 4.69) is 16.0 Å². The number of nitrogens with two attached hydrogens (primary N) is 3. The number of carboxylic acids is 1. The number of thioether (sulfide) groups is 1. The Kier molecular flexibility index (Phi) is 14.5. The summed E-state index contributed by atoms with van der Waals surface area (Å²) in [5.41, 5.74) is 17.2. The molecule has 1 aromatic carbocycles. The molecule has 5 amide bonds. The average molecular weight is 553 g/mol. The Hall–Kier alpha value is -3.65. The van der Waals surface area contributed by atoms with Gasteiger partial charge in [0, 0.05) is 12.8 Å². The fourth-order valence-electron chi connectivity index (χ4n) is 3.39. The molecule has 0 aromatic heterocycles. The molecule has 0 heterocycles. The van der Waals surface area contributed by atoms with Gasteiger partial charge >= 0.3 is 5.97 Å². The van der Waals surface area contributed by atoms with Crippen LogP contribution in [-0.4, -0.2) is 76.8 Å². The number of benzene rings is 1. The molecule has 0 aliphatic rings. The zero-order valence-electron chi connectivity index (χ0n) is 21.2. The van der Waals surface area contributed by atoms with Gasteiger partial charge in [-0.05, 0) is 43.3 Å². The summed E-state index contributed by atoms with van der Waals surface area (Å²) in [4.78, 5) is 72.9. The molecule has 0 spiro atoms. The van der Waals surface area contributed by atoms with Gasteiger partial charge < -0.3 is 38.3 Å². The smallest absolute Gasteiger partial charge is 0.326 e. The molecule has 0 bridgehead atoms. The molecule has 0 aliphatic heterocycles. The van der Waals surface area contributed by atoms with Gasteiger partial charge in [-0.15, -0.1) is 0 Å². The van der Waals surface area contributed by atoms with Gasteiger partial charge in [0.1, 0.15) is 18.1 Å². The summed E-state index contributed by atoms with van der Waals surface area (Å²) in [7, 11) is 0. The molecule has 0 saturated carbocycles. The number of rotatable bonds is 18. The largest absolute Gasteiger partial charge is 0.480 e. The minimum Gasteiger partial charge on any atom is -0.480 e. The van der Waals surface area contributed by atoms with E-state index in [4.69, 9.17) is 17.2 Å². The van der Waals surface area contributed by atoms with Gasteiger partial charge in [0.25, 0.3) is 0 Å². The lowest BCUT2D eigenvalue weighted by Gasteiger charge is -2.25. The molecule has 1 rings (SSSR count). The summed E-state index contributed by atoms with van der Waals surface area (Å²) in [5.74, 6) is -4.60. The molecular weight excluding hydrogens is 516 g/mol. The highest BCUT2D eigenvalue weighted by atomic mass is 32.2. The first kappa shape index (κ1) is 32.4. The van der Waals surface area contributed by atoms with Crippen molar-refractivity contribution in [2.45, 2.75) is 62.7 Å². The van der Waals surface area contributed by atoms with Crippen LogP contribution in [0.3, 0.4) is 0 Å². The van der Waals surface area contributed by atoms with Gasteiger partial charge in [-0.3, -0.25) is 24.0 Å². The molecule has 0 unspecified atom stereocenters. The summed E-state index contributed by atoms with van der Waals surface area (Å²) in [5, 5.41) is 16.7. The molecule has 0 radical (unpaired) electrons. The zero-order valence-corrected chi connectivity index (χ0v) is 22.0. The van der Waals surface area contributed by atoms with Crippen molar-refractivity contribution >= 4 is 47.3 Å². The van der Waals surface area contributed by atoms with E-state index in [1.54, 1.807) is 30.5 Å². The third kappa shape index (κ3) is 12.5. The molecule has 4 atom stereocenters. The SMILES string of the molecule is CSCC[C@H](NC(=O)[C@H](CCC(N)=O)NC(=O)[C@H](CCC(N)=O)NC(=O)[C@@H](N)Cc1ccccc1)C(=O)O. The summed E-state index contributed by atoms with van der Waals surface area (Å²) < 4.78 is 0. The second-order valence-corrected chi connectivity index (χ2v) is 9.60. The maximum Gasteiger partial charge on any atom is 0.326 e. The number of carbonyl (C=O) groups is 6. The summed E-state index contributed by atoms with van der Waals surface area (Å²) in [6.07, 6.45) is 1.18. The van der Waals surface area contributed by atoms with Gasteiger partial charge in [0.15, 0.2) is 0 Å². The van der Waals surface area contributed by atoms with Crippen LogP contribution < -0.4 is 33.2 Å². The lowest BCUT2D eigenvalue weighted by molar-refractivity contribution is -0.142. The number of carbonyl (C=O) groups excluding carboxylic acids is 5. The fourth-order valence-corrected chi connectivity index (χ4v) is 3.86. The highest BCUT2D eigenvalue weighted by molar-refractivity contribution is 7.98. The quantitative estimate of drug-likeness (QED) is 0.111. The van der Waals surface area contributed by atoms with Gasteiger partial charge in [0.2, 0.25) is 29.5 Å². The maximum atomic E-state index is 13.1. The predicted octanol–water partition coefficient (Wildman–Crippen LogP) is -1.62. The number of hydrogen-bond acceptors (Lipinski definition) is 8. The third-order valence-electron chi connectivity index (χ3n) is 5.49. The topological polar surface area (TPSA) is 237 Å². The summed E-state index contributed by atoms with van der Waals surface area (Å²) in [6.45, 7) is 0. The van der Waals surface area contributed by atoms with E-state index in [0.29, 0.717) is 5.75 Å². The number of hydrogen-bond donors (Lipinski definition) is 7. The zero-order chi connectivity index (χ0) is 28.7. The first-order chi connectivity index (χ1) is 17.9. The normalized spacial score (nSPS) is 13.8. The molecule has 13 nitrogen and oxygen atoms in total. The predicted molar refractivity (Wildman–Crippen MR) is 141 cm³/mol. The molecule has 14 heteroatoms. The Balaban J connectivity index is 3.01. The van der Waals surface area contributed by atoms with Crippen LogP contribution in [0.2, 0.25) is 0 Å². The second kappa shape index (κ2) is 17.0. The van der Waals surface area contributed by atoms with E-state index in [1.165, 1.54) is 11.8 Å². The van der Waals surface area contributed by atoms with Crippen molar-refractivity contribution in [2.24, 2.45) is 17.2 Å². The molecule has 1 aromatic rings. The average Bonchev–Trinajstić information content (AvgIpc) is 2.86. The van der Waals surface area contributed by atoms with Gasteiger partial charge in [0.05, 0.1) is 6.04 Å². The number of primary amides is 2. The molecular formula is C24H36N6O7S. The number of aliphatic carboxylic acids is 1. The van der Waals surface area contributed by atoms with E-state index in [0.717, 1.165) is 5.56 Å². The number of amides is 5. The van der Waals surface area contributed by atoms with Crippen molar-refractivity contribution < 1.29 is 33.9 Å². The van der Waals surface area contributed by atoms with E-state index >= 15 is 0 Å². The fraction of sp³-hybridized carbons (Fsp3) is 0.500. The van der Waals surface area contributed by atoms with E-state index in [9.17, 15) is 33.9 Å². The van der Waals surface area contributed by atoms with Crippen LogP contribution in [-0.2, 0) is 35.2 Å². The standard InChI is InChI=1S/C24H36N6O7S/c1-38-12-11-18(24(36)37)30-23(35)17(8-10-20(27)32)29-22(34)16(7-9-19(26)31)28-21(33)15(25)13-14-5-3-2-4-6-14/h2-6,15-18H,7-13,25H2,1H3,(H2,26,31)(H2,27,32)(H,28,33)(H,29,34)(H,30,35)(H,36,37)/t15-,16-,17-,18-/m0/s1. The maximum absolute atomic E-state index is 13.1. The van der Waals surface area contributed by atoms with E-state index in [1.807, 2.05) is 6.07 Å². The van der Waals surface area contributed by atoms with E-state index in [-0.39, 0.29) is 38.5 Å². The Morgan fingerprint density at radius 1 is 0.789 bits per heavy atom. The molecule has 10 N–H and O–H groups in total. The Morgan fingerprint density at radius 2 is 1.26 bits per heavy atom. The van der Waals surface area contributed by atoms with Crippen LogP contribution in [0, 0.1) is 0 Å². The first-order valence-corrected chi connectivity index (χ1v) is 13.3. The Bertz CT molecular complexity index is 978. The van der Waals surface area contributed by atoms with Crippen LogP contribution in [0.4, 0.5) is 0 Å². The Morgan fingerprint density at radius 3 is 1.71 bits per heavy atom. The van der Waals surface area contributed by atoms with Crippen molar-refractivity contribution in [1.82, 2.24) is 16.0 Å². The minimum absolute atomic E-state index is 0.134. The van der Waals surface area contributed by atoms with Crippen molar-refractivity contribution in [3.8, 4) is 0 Å². The Labute approximate surface area is 225 Å². The van der Waals surface area contributed by atoms with E-state index < -0.39 is 59.7 Å². The van der Waals surface area contributed by atoms with Crippen molar-refractivity contribution in [2.75, 3.05) is 12.0 Å². The van der Waals surface area contributed by atoms with Gasteiger partial charge in [-0.1, -0.05) is 30.3 Å². The monoisotopic (exact) mass is 552 g/mol. The van der Waals surface area contributed by atoms with Crippen molar-refractivity contribution in [1.29, 1.82) is 0 Å². The summed E-state index contributed by atoms with van der Waals surface area (Å²) >= 11 is 1.39. The lowest BCUT2D eigenvalue weighted by atomic mass is 10.0. The minimum atomic E-state index is -1.34. The highest BCUT2D eigenvalue weighted by Crippen LogP contribution is 2.07. The van der Waals surface area contributed by atoms with Gasteiger partial charge in [-0.25, -0.2) is 4.79 Å². The number of nitrogens with one attached hydrogen (secondary N) is 3. The highest BCUT2D eigenvalue weighted by Gasteiger charge is 2.30. The van der Waals surface area contributed by atoms with Crippen LogP contribution in [0.1, 0.15) is 37.7 Å². The number of carboxylic acid groups (broad SMARTS) is 1. The van der Waals surface area contributed by atoms with Crippen LogP contribution >= 0.6 is 11.8 Å². The lowest BCUT2D eigenvalue weighted by Crippen LogP contribution is -2.57. The molecule has 0 saturated heterocycles. The van der Waals surface area contributed by atoms with Crippen LogP contribution in [0.25, 0.3) is 0 Å². The molecule has 210 valence electrons. The van der Waals surface area contributed by atoms with Gasteiger partial charge in [-0.2, -0.15) is 11.8 Å². The third-order valence-corrected chi connectivity index (χ3v) is 6.13. The van der Waals surface area contributed by atoms with Crippen molar-refractivity contribution in [3.05, 3.63) is 35.9 Å². The van der Waals surface area contributed by atoms with Crippen LogP contribution in [0.5, 0.6) is 0 Å². The van der Waals surface area contributed by atoms with Crippen LogP contribution in [0.15, 0.2) is 30.3 Å².